The number of fused-ring (bicyclic) bond motifs is 1. The smallest absolute Gasteiger partial charge is 0.354 e. The van der Waals surface area contributed by atoms with E-state index >= 15 is 0 Å². The number of anilines is 2. The third kappa shape index (κ3) is 3.00. The first-order chi connectivity index (χ1) is 12.1. The Balaban J connectivity index is 1.53. The summed E-state index contributed by atoms with van der Waals surface area (Å²) in [6.45, 7) is 5.23. The minimum Gasteiger partial charge on any atom is -0.477 e. The maximum atomic E-state index is 11.1. The van der Waals surface area contributed by atoms with Crippen LogP contribution in [0, 0.1) is 6.92 Å². The predicted octanol–water partition coefficient (Wildman–Crippen LogP) is 2.42. The third-order valence-electron chi connectivity index (χ3n) is 4.29. The van der Waals surface area contributed by atoms with Crippen LogP contribution in [0.4, 0.5) is 11.6 Å². The molecule has 0 bridgehead atoms. The topological polar surface area (TPSA) is 82.5 Å². The van der Waals surface area contributed by atoms with Gasteiger partial charge in [-0.15, -0.1) is 11.3 Å². The summed E-state index contributed by atoms with van der Waals surface area (Å²) in [6.07, 6.45) is 1.62. The van der Waals surface area contributed by atoms with E-state index in [-0.39, 0.29) is 5.69 Å². The van der Waals surface area contributed by atoms with Crippen LogP contribution in [0.1, 0.15) is 15.4 Å². The summed E-state index contributed by atoms with van der Waals surface area (Å²) in [5, 5.41) is 10.2. The monoisotopic (exact) mass is 355 g/mol. The van der Waals surface area contributed by atoms with Crippen LogP contribution in [0.15, 0.2) is 30.6 Å². The second kappa shape index (κ2) is 6.29. The molecule has 3 aromatic heterocycles. The zero-order chi connectivity index (χ0) is 17.4. The molecular weight excluding hydrogens is 338 g/mol. The molecule has 3 aromatic rings. The molecule has 1 saturated heterocycles. The molecule has 1 N–H and O–H groups in total. The fourth-order valence-electron chi connectivity index (χ4n) is 3.08. The zero-order valence-electron chi connectivity index (χ0n) is 13.7. The van der Waals surface area contributed by atoms with Gasteiger partial charge < -0.3 is 14.9 Å². The summed E-state index contributed by atoms with van der Waals surface area (Å²) in [5.74, 6) is 0.677. The Morgan fingerprint density at radius 2 is 1.92 bits per heavy atom. The van der Waals surface area contributed by atoms with Gasteiger partial charge in [-0.2, -0.15) is 0 Å². The summed E-state index contributed by atoms with van der Waals surface area (Å²) in [5.41, 5.74) is 0.0752. The molecule has 4 rings (SSSR count). The molecule has 1 aliphatic heterocycles. The van der Waals surface area contributed by atoms with Gasteiger partial charge in [-0.25, -0.2) is 19.7 Å². The van der Waals surface area contributed by atoms with Gasteiger partial charge in [0.05, 0.1) is 5.39 Å². The predicted molar refractivity (Wildman–Crippen MR) is 97.8 cm³/mol. The summed E-state index contributed by atoms with van der Waals surface area (Å²) >= 11 is 1.68. The number of piperazine rings is 1. The van der Waals surface area contributed by atoms with Crippen LogP contribution < -0.4 is 9.80 Å². The van der Waals surface area contributed by atoms with Crippen molar-refractivity contribution < 1.29 is 9.90 Å². The van der Waals surface area contributed by atoms with Crippen molar-refractivity contribution in [3.63, 3.8) is 0 Å². The first kappa shape index (κ1) is 15.8. The number of carbonyl (C=O) groups is 1. The molecular formula is C17H17N5O2S. The van der Waals surface area contributed by atoms with Crippen molar-refractivity contribution in [1.29, 1.82) is 0 Å². The van der Waals surface area contributed by atoms with E-state index in [1.54, 1.807) is 23.7 Å². The van der Waals surface area contributed by atoms with Gasteiger partial charge in [-0.3, -0.25) is 0 Å². The molecule has 128 valence electrons. The fourth-order valence-corrected chi connectivity index (χ4v) is 3.92. The van der Waals surface area contributed by atoms with E-state index in [2.05, 4.69) is 37.7 Å². The van der Waals surface area contributed by atoms with E-state index in [1.807, 2.05) is 6.07 Å². The van der Waals surface area contributed by atoms with E-state index < -0.39 is 5.97 Å². The molecule has 4 heterocycles. The van der Waals surface area contributed by atoms with Gasteiger partial charge >= 0.3 is 5.97 Å². The third-order valence-corrected chi connectivity index (χ3v) is 5.25. The van der Waals surface area contributed by atoms with E-state index in [1.165, 1.54) is 10.9 Å². The van der Waals surface area contributed by atoms with Crippen molar-refractivity contribution in [1.82, 2.24) is 15.0 Å². The maximum absolute atomic E-state index is 11.1. The van der Waals surface area contributed by atoms with E-state index in [0.29, 0.717) is 5.82 Å². The molecule has 1 aliphatic rings. The molecule has 0 amide bonds. The second-order valence-electron chi connectivity index (χ2n) is 5.93. The van der Waals surface area contributed by atoms with Gasteiger partial charge in [0.2, 0.25) is 0 Å². The number of thiophene rings is 1. The lowest BCUT2D eigenvalue weighted by molar-refractivity contribution is 0.0690. The number of nitrogens with zero attached hydrogens (tertiary/aromatic N) is 5. The Morgan fingerprint density at radius 3 is 2.68 bits per heavy atom. The Morgan fingerprint density at radius 1 is 1.16 bits per heavy atom. The number of carboxylic acids is 1. The average molecular weight is 355 g/mol. The highest BCUT2D eigenvalue weighted by Crippen LogP contribution is 2.30. The number of carboxylic acid groups (broad SMARTS) is 1. The average Bonchev–Trinajstić information content (AvgIpc) is 3.02. The van der Waals surface area contributed by atoms with E-state index in [9.17, 15) is 4.79 Å². The highest BCUT2D eigenvalue weighted by atomic mass is 32.1. The largest absolute Gasteiger partial charge is 0.477 e. The van der Waals surface area contributed by atoms with Gasteiger partial charge in [-0.05, 0) is 25.1 Å². The molecule has 0 aliphatic carbocycles. The summed E-state index contributed by atoms with van der Waals surface area (Å²) in [4.78, 5) is 30.8. The fraction of sp³-hybridized carbons (Fsp3) is 0.294. The Bertz CT molecular complexity index is 934. The molecule has 0 aromatic carbocycles. The second-order valence-corrected chi connectivity index (χ2v) is 7.17. The quantitative estimate of drug-likeness (QED) is 0.772. The molecule has 7 nitrogen and oxygen atoms in total. The first-order valence-corrected chi connectivity index (χ1v) is 8.85. The molecule has 0 spiro atoms. The molecule has 0 saturated carbocycles. The molecule has 8 heteroatoms. The molecule has 0 radical (unpaired) electrons. The lowest BCUT2D eigenvalue weighted by Crippen LogP contribution is -2.47. The van der Waals surface area contributed by atoms with Crippen molar-refractivity contribution in [2.75, 3.05) is 36.0 Å². The summed E-state index contributed by atoms with van der Waals surface area (Å²) in [6, 6.07) is 7.24. The number of aromatic nitrogens is 3. The Kier molecular flexibility index (Phi) is 3.96. The highest BCUT2D eigenvalue weighted by molar-refractivity contribution is 7.18. The number of pyridine rings is 1. The van der Waals surface area contributed by atoms with Gasteiger partial charge in [-0.1, -0.05) is 6.07 Å². The van der Waals surface area contributed by atoms with Gasteiger partial charge in [0.1, 0.15) is 22.8 Å². The van der Waals surface area contributed by atoms with Crippen molar-refractivity contribution >= 4 is 39.2 Å². The van der Waals surface area contributed by atoms with Crippen molar-refractivity contribution in [3.05, 3.63) is 41.2 Å². The van der Waals surface area contributed by atoms with Crippen LogP contribution in [-0.2, 0) is 0 Å². The first-order valence-electron chi connectivity index (χ1n) is 8.03. The molecule has 1 fully saturated rings. The summed E-state index contributed by atoms with van der Waals surface area (Å²) < 4.78 is 0. The molecule has 0 unspecified atom stereocenters. The van der Waals surface area contributed by atoms with Crippen molar-refractivity contribution in [2.45, 2.75) is 6.92 Å². The van der Waals surface area contributed by atoms with E-state index in [0.717, 1.165) is 42.2 Å². The Labute approximate surface area is 148 Å². The lowest BCUT2D eigenvalue weighted by Gasteiger charge is -2.36. The van der Waals surface area contributed by atoms with Crippen LogP contribution in [-0.4, -0.2) is 52.2 Å². The normalized spacial score (nSPS) is 14.9. The minimum atomic E-state index is -1.00. The van der Waals surface area contributed by atoms with Gasteiger partial charge in [0.25, 0.3) is 0 Å². The zero-order valence-corrected chi connectivity index (χ0v) is 14.5. The van der Waals surface area contributed by atoms with Crippen molar-refractivity contribution in [3.8, 4) is 0 Å². The SMILES string of the molecule is Cc1cc2c(N3CCN(c4cccc(C(=O)O)n4)CC3)ncnc2s1. The number of hydrogen-bond donors (Lipinski definition) is 1. The minimum absolute atomic E-state index is 0.0752. The lowest BCUT2D eigenvalue weighted by atomic mass is 10.2. The molecule has 25 heavy (non-hydrogen) atoms. The van der Waals surface area contributed by atoms with Crippen LogP contribution in [0.25, 0.3) is 10.2 Å². The molecule has 0 atom stereocenters. The van der Waals surface area contributed by atoms with Gasteiger partial charge in [0.15, 0.2) is 5.69 Å². The highest BCUT2D eigenvalue weighted by Gasteiger charge is 2.22. The Hall–Kier alpha value is -2.74. The van der Waals surface area contributed by atoms with Crippen LogP contribution in [0.2, 0.25) is 0 Å². The number of aryl methyl sites for hydroxylation is 1. The van der Waals surface area contributed by atoms with Gasteiger partial charge in [0, 0.05) is 31.1 Å². The van der Waals surface area contributed by atoms with Crippen LogP contribution >= 0.6 is 11.3 Å². The standard InChI is InChI=1S/C17H17N5O2S/c1-11-9-12-15(18-10-19-16(12)25-11)22-7-5-21(6-8-22)14-4-2-3-13(20-14)17(23)24/h2-4,9-10H,5-8H2,1H3,(H,23,24). The summed E-state index contributed by atoms with van der Waals surface area (Å²) in [7, 11) is 0. The number of aromatic carboxylic acids is 1. The number of hydrogen-bond acceptors (Lipinski definition) is 7. The maximum Gasteiger partial charge on any atom is 0.354 e. The van der Waals surface area contributed by atoms with Crippen LogP contribution in [0.3, 0.4) is 0 Å². The van der Waals surface area contributed by atoms with E-state index in [4.69, 9.17) is 5.11 Å². The van der Waals surface area contributed by atoms with Crippen LogP contribution in [0.5, 0.6) is 0 Å². The number of rotatable bonds is 3. The van der Waals surface area contributed by atoms with Crippen molar-refractivity contribution in [2.24, 2.45) is 0 Å².